The summed E-state index contributed by atoms with van der Waals surface area (Å²) in [6, 6.07) is 3.19. The Kier molecular flexibility index (Phi) is 3.42. The fraction of sp³-hybridized carbons (Fsp3) is 1.00. The van der Waals surface area contributed by atoms with E-state index in [1.807, 2.05) is 0 Å². The van der Waals surface area contributed by atoms with Gasteiger partial charge in [-0.25, -0.2) is 0 Å². The first-order valence-corrected chi connectivity index (χ1v) is 7.46. The molecule has 2 atom stereocenters. The van der Waals surface area contributed by atoms with E-state index in [4.69, 9.17) is 0 Å². The van der Waals surface area contributed by atoms with Gasteiger partial charge >= 0.3 is 0 Å². The molecule has 2 unspecified atom stereocenters. The van der Waals surface area contributed by atoms with Gasteiger partial charge in [0.15, 0.2) is 0 Å². The van der Waals surface area contributed by atoms with E-state index >= 15 is 0 Å². The Morgan fingerprint density at radius 2 is 1.65 bits per heavy atom. The Labute approximate surface area is 106 Å². The fourth-order valence-electron chi connectivity index (χ4n) is 3.42. The van der Waals surface area contributed by atoms with Gasteiger partial charge in [-0.1, -0.05) is 0 Å². The molecule has 3 aliphatic rings. The Bertz CT molecular complexity index is 244. The number of nitrogens with one attached hydrogen (secondary N) is 1. The second-order valence-electron chi connectivity index (χ2n) is 6.45. The summed E-state index contributed by atoms with van der Waals surface area (Å²) in [6.07, 6.45) is 5.63. The Balaban J connectivity index is 1.42. The van der Waals surface area contributed by atoms with Crippen molar-refractivity contribution in [2.45, 2.75) is 63.7 Å². The lowest BCUT2D eigenvalue weighted by atomic mass is 10.2. The lowest BCUT2D eigenvalue weighted by Crippen LogP contribution is -2.42. The predicted octanol–water partition coefficient (Wildman–Crippen LogP) is 1.30. The highest BCUT2D eigenvalue weighted by Crippen LogP contribution is 2.30. The maximum Gasteiger partial charge on any atom is 0.0210 e. The third kappa shape index (κ3) is 2.83. The van der Waals surface area contributed by atoms with Crippen LogP contribution in [0, 0.1) is 0 Å². The number of likely N-dealkylation sites (tertiary alicyclic amines) is 2. The van der Waals surface area contributed by atoms with Crippen LogP contribution in [0.5, 0.6) is 0 Å². The van der Waals surface area contributed by atoms with Crippen molar-refractivity contribution >= 4 is 0 Å². The van der Waals surface area contributed by atoms with Crippen LogP contribution in [0.2, 0.25) is 0 Å². The maximum atomic E-state index is 3.89. The number of hydrogen-bond acceptors (Lipinski definition) is 3. The van der Waals surface area contributed by atoms with Crippen LogP contribution in [0.15, 0.2) is 0 Å². The van der Waals surface area contributed by atoms with Crippen molar-refractivity contribution in [2.24, 2.45) is 0 Å². The second kappa shape index (κ2) is 4.87. The van der Waals surface area contributed by atoms with E-state index < -0.39 is 0 Å². The second-order valence-corrected chi connectivity index (χ2v) is 6.45. The standard InChI is InChI=1S/C14H27N3/c1-11(2)16-7-5-12(9-16)15-13-6-8-17(10-13)14-3-4-14/h11-15H,3-10H2,1-2H3. The maximum absolute atomic E-state index is 3.89. The molecule has 3 fully saturated rings. The molecule has 1 N–H and O–H groups in total. The summed E-state index contributed by atoms with van der Waals surface area (Å²) in [5.41, 5.74) is 0. The number of nitrogens with zero attached hydrogens (tertiary/aromatic N) is 2. The smallest absolute Gasteiger partial charge is 0.0210 e. The molecule has 0 bridgehead atoms. The molecule has 17 heavy (non-hydrogen) atoms. The molecule has 2 aliphatic heterocycles. The number of hydrogen-bond donors (Lipinski definition) is 1. The topological polar surface area (TPSA) is 18.5 Å². The first-order chi connectivity index (χ1) is 8.22. The molecular weight excluding hydrogens is 210 g/mol. The van der Waals surface area contributed by atoms with Crippen LogP contribution in [0.1, 0.15) is 39.5 Å². The van der Waals surface area contributed by atoms with Gasteiger partial charge < -0.3 is 5.32 Å². The van der Waals surface area contributed by atoms with Crippen LogP contribution < -0.4 is 5.32 Å². The normalized spacial score (nSPS) is 36.2. The van der Waals surface area contributed by atoms with Crippen molar-refractivity contribution in [2.75, 3.05) is 26.2 Å². The molecule has 98 valence electrons. The van der Waals surface area contributed by atoms with Crippen molar-refractivity contribution in [1.29, 1.82) is 0 Å². The van der Waals surface area contributed by atoms with Crippen molar-refractivity contribution < 1.29 is 0 Å². The summed E-state index contributed by atoms with van der Waals surface area (Å²) in [5.74, 6) is 0. The van der Waals surface area contributed by atoms with Crippen LogP contribution in [0.4, 0.5) is 0 Å². The largest absolute Gasteiger partial charge is 0.309 e. The predicted molar refractivity (Wildman–Crippen MR) is 71.2 cm³/mol. The summed E-state index contributed by atoms with van der Waals surface area (Å²) in [4.78, 5) is 5.30. The highest BCUT2D eigenvalue weighted by atomic mass is 15.3. The van der Waals surface area contributed by atoms with Gasteiger partial charge in [-0.2, -0.15) is 0 Å². The van der Waals surface area contributed by atoms with Gasteiger partial charge in [-0.15, -0.1) is 0 Å². The Hall–Kier alpha value is -0.120. The molecule has 3 nitrogen and oxygen atoms in total. The van der Waals surface area contributed by atoms with Crippen LogP contribution in [-0.2, 0) is 0 Å². The van der Waals surface area contributed by atoms with Gasteiger partial charge in [0.05, 0.1) is 0 Å². The first kappa shape index (κ1) is 11.9. The SMILES string of the molecule is CC(C)N1CCC(NC2CCN(C3CC3)C2)C1. The molecule has 0 spiro atoms. The summed E-state index contributed by atoms with van der Waals surface area (Å²) in [5, 5.41) is 3.89. The van der Waals surface area contributed by atoms with Crippen molar-refractivity contribution in [1.82, 2.24) is 15.1 Å². The molecule has 0 aromatic heterocycles. The first-order valence-electron chi connectivity index (χ1n) is 7.46. The molecule has 2 saturated heterocycles. The third-order valence-electron chi connectivity index (χ3n) is 4.70. The molecule has 0 aromatic rings. The average molecular weight is 237 g/mol. The van der Waals surface area contributed by atoms with Gasteiger partial charge in [-0.3, -0.25) is 9.80 Å². The van der Waals surface area contributed by atoms with Crippen LogP contribution in [0.25, 0.3) is 0 Å². The average Bonchev–Trinajstić information content (AvgIpc) is 2.87. The fourth-order valence-corrected chi connectivity index (χ4v) is 3.42. The van der Waals surface area contributed by atoms with E-state index in [9.17, 15) is 0 Å². The summed E-state index contributed by atoms with van der Waals surface area (Å²) in [7, 11) is 0. The van der Waals surface area contributed by atoms with Gasteiger partial charge in [0.2, 0.25) is 0 Å². The van der Waals surface area contributed by atoms with E-state index in [2.05, 4.69) is 29.0 Å². The molecular formula is C14H27N3. The Morgan fingerprint density at radius 1 is 0.941 bits per heavy atom. The minimum Gasteiger partial charge on any atom is -0.309 e. The lowest BCUT2D eigenvalue weighted by molar-refractivity contribution is 0.263. The van der Waals surface area contributed by atoms with Gasteiger partial charge in [0.1, 0.15) is 0 Å². The molecule has 1 saturated carbocycles. The summed E-state index contributed by atoms with van der Waals surface area (Å²) < 4.78 is 0. The molecule has 3 rings (SSSR count). The van der Waals surface area contributed by atoms with Gasteiger partial charge in [0.25, 0.3) is 0 Å². The lowest BCUT2D eigenvalue weighted by Gasteiger charge is -2.22. The van der Waals surface area contributed by atoms with E-state index in [1.165, 1.54) is 51.9 Å². The number of rotatable bonds is 4. The minimum absolute atomic E-state index is 0.716. The molecule has 2 heterocycles. The molecule has 0 amide bonds. The molecule has 1 aliphatic carbocycles. The highest BCUT2D eigenvalue weighted by molar-refractivity contribution is 4.94. The van der Waals surface area contributed by atoms with Crippen molar-refractivity contribution in [3.8, 4) is 0 Å². The van der Waals surface area contributed by atoms with Crippen molar-refractivity contribution in [3.05, 3.63) is 0 Å². The summed E-state index contributed by atoms with van der Waals surface area (Å²) in [6.45, 7) is 9.82. The van der Waals surface area contributed by atoms with Crippen LogP contribution >= 0.6 is 0 Å². The monoisotopic (exact) mass is 237 g/mol. The third-order valence-corrected chi connectivity index (χ3v) is 4.70. The van der Waals surface area contributed by atoms with E-state index in [1.54, 1.807) is 0 Å². The van der Waals surface area contributed by atoms with Gasteiger partial charge in [-0.05, 0) is 46.1 Å². The quantitative estimate of drug-likeness (QED) is 0.795. The zero-order valence-electron chi connectivity index (χ0n) is 11.4. The van der Waals surface area contributed by atoms with E-state index in [0.717, 1.165) is 18.1 Å². The van der Waals surface area contributed by atoms with Gasteiger partial charge in [0, 0.05) is 43.8 Å². The van der Waals surface area contributed by atoms with Crippen LogP contribution in [-0.4, -0.2) is 60.1 Å². The zero-order chi connectivity index (χ0) is 11.8. The van der Waals surface area contributed by atoms with E-state index in [-0.39, 0.29) is 0 Å². The minimum atomic E-state index is 0.716. The van der Waals surface area contributed by atoms with Crippen molar-refractivity contribution in [3.63, 3.8) is 0 Å². The molecule has 3 heteroatoms. The Morgan fingerprint density at radius 3 is 2.29 bits per heavy atom. The molecule has 0 aromatic carbocycles. The van der Waals surface area contributed by atoms with E-state index in [0.29, 0.717) is 6.04 Å². The molecule has 0 radical (unpaired) electrons. The van der Waals surface area contributed by atoms with Crippen LogP contribution in [0.3, 0.4) is 0 Å². The zero-order valence-corrected chi connectivity index (χ0v) is 11.4. The summed E-state index contributed by atoms with van der Waals surface area (Å²) >= 11 is 0. The highest BCUT2D eigenvalue weighted by Gasteiger charge is 2.35.